The zero-order chi connectivity index (χ0) is 17.7. The van der Waals surface area contributed by atoms with Gasteiger partial charge in [-0.05, 0) is 34.9 Å². The Morgan fingerprint density at radius 3 is 2.12 bits per heavy atom. The maximum Gasteiger partial charge on any atom is 0.227 e. The van der Waals surface area contributed by atoms with E-state index < -0.39 is 5.60 Å². The first kappa shape index (κ1) is 17.9. The first-order valence-corrected chi connectivity index (χ1v) is 10.0. The monoisotopic (exact) mass is 371 g/mol. The van der Waals surface area contributed by atoms with Crippen LogP contribution in [0.2, 0.25) is 0 Å². The summed E-state index contributed by atoms with van der Waals surface area (Å²) in [5, 5.41) is 18.2. The first-order chi connectivity index (χ1) is 12.1. The highest BCUT2D eigenvalue weighted by atomic mass is 32.1. The maximum atomic E-state index is 12.7. The molecule has 5 heteroatoms. The Morgan fingerprint density at radius 1 is 1.04 bits per heavy atom. The fourth-order valence-corrected chi connectivity index (χ4v) is 4.66. The third-order valence-electron chi connectivity index (χ3n) is 4.30. The molecule has 1 atom stereocenters. The molecule has 0 aliphatic heterocycles. The molecule has 0 saturated carbocycles. The fourth-order valence-electron chi connectivity index (χ4n) is 2.92. The lowest BCUT2D eigenvalue weighted by Gasteiger charge is -2.27. The number of thiophene rings is 2. The second-order valence-electron chi connectivity index (χ2n) is 5.90. The van der Waals surface area contributed by atoms with Crippen LogP contribution < -0.4 is 5.32 Å². The largest absolute Gasteiger partial charge is 0.377 e. The van der Waals surface area contributed by atoms with Crippen LogP contribution >= 0.6 is 22.7 Å². The van der Waals surface area contributed by atoms with Crippen LogP contribution in [0.15, 0.2) is 65.4 Å². The number of amides is 1. The molecule has 0 bridgehead atoms. The number of rotatable bonds is 7. The molecule has 3 aromatic rings. The maximum absolute atomic E-state index is 12.7. The molecule has 1 aromatic carbocycles. The number of carbonyl (C=O) groups is 1. The first-order valence-electron chi connectivity index (χ1n) is 8.28. The number of carbonyl (C=O) groups excluding carboxylic acids is 1. The summed E-state index contributed by atoms with van der Waals surface area (Å²) < 4.78 is 0. The third kappa shape index (κ3) is 3.84. The van der Waals surface area contributed by atoms with Crippen LogP contribution in [-0.4, -0.2) is 17.6 Å². The van der Waals surface area contributed by atoms with Crippen LogP contribution in [0.5, 0.6) is 0 Å². The van der Waals surface area contributed by atoms with Gasteiger partial charge in [0.15, 0.2) is 0 Å². The van der Waals surface area contributed by atoms with Crippen LogP contribution in [0.1, 0.15) is 34.6 Å². The van der Waals surface area contributed by atoms with Crippen LogP contribution in [-0.2, 0) is 10.4 Å². The summed E-state index contributed by atoms with van der Waals surface area (Å²) >= 11 is 2.99. The Balaban J connectivity index is 1.79. The van der Waals surface area contributed by atoms with E-state index in [-0.39, 0.29) is 18.4 Å². The quantitative estimate of drug-likeness (QED) is 0.648. The second kappa shape index (κ2) is 7.95. The van der Waals surface area contributed by atoms with Crippen molar-refractivity contribution in [3.8, 4) is 0 Å². The summed E-state index contributed by atoms with van der Waals surface area (Å²) in [4.78, 5) is 14.4. The minimum Gasteiger partial charge on any atom is -0.377 e. The van der Waals surface area contributed by atoms with Gasteiger partial charge in [0.05, 0.1) is 12.5 Å². The lowest BCUT2D eigenvalue weighted by Crippen LogP contribution is -2.42. The molecular weight excluding hydrogens is 350 g/mol. The number of hydrogen-bond donors (Lipinski definition) is 2. The Kier molecular flexibility index (Phi) is 5.68. The molecule has 2 heterocycles. The predicted molar refractivity (Wildman–Crippen MR) is 104 cm³/mol. The number of hydrogen-bond acceptors (Lipinski definition) is 4. The summed E-state index contributed by atoms with van der Waals surface area (Å²) in [6, 6.07) is 17.4. The van der Waals surface area contributed by atoms with Crippen molar-refractivity contribution in [1.29, 1.82) is 0 Å². The van der Waals surface area contributed by atoms with E-state index in [1.165, 1.54) is 22.7 Å². The van der Waals surface area contributed by atoms with Gasteiger partial charge in [-0.2, -0.15) is 0 Å². The molecule has 2 aromatic heterocycles. The molecule has 0 saturated heterocycles. The van der Waals surface area contributed by atoms with Crippen molar-refractivity contribution in [2.45, 2.75) is 24.9 Å². The molecule has 25 heavy (non-hydrogen) atoms. The summed E-state index contributed by atoms with van der Waals surface area (Å²) in [5.41, 5.74) is -0.189. The smallest absolute Gasteiger partial charge is 0.227 e. The lowest BCUT2D eigenvalue weighted by molar-refractivity contribution is -0.123. The molecule has 3 nitrogen and oxygen atoms in total. The fraction of sp³-hybridized carbons (Fsp3) is 0.250. The Hall–Kier alpha value is -1.95. The van der Waals surface area contributed by atoms with Crippen molar-refractivity contribution >= 4 is 28.6 Å². The van der Waals surface area contributed by atoms with E-state index in [0.717, 1.165) is 15.3 Å². The summed E-state index contributed by atoms with van der Waals surface area (Å²) in [7, 11) is 0. The van der Waals surface area contributed by atoms with E-state index in [9.17, 15) is 9.90 Å². The van der Waals surface area contributed by atoms with Crippen molar-refractivity contribution in [2.24, 2.45) is 0 Å². The van der Waals surface area contributed by atoms with Crippen LogP contribution in [0, 0.1) is 0 Å². The van der Waals surface area contributed by atoms with Crippen molar-refractivity contribution in [1.82, 2.24) is 5.32 Å². The van der Waals surface area contributed by atoms with Gasteiger partial charge < -0.3 is 10.4 Å². The average Bonchev–Trinajstić information content (AvgIpc) is 3.35. The summed E-state index contributed by atoms with van der Waals surface area (Å²) in [6.45, 7) is 2.16. The normalized spacial score (nSPS) is 12.7. The van der Waals surface area contributed by atoms with Crippen molar-refractivity contribution in [3.05, 3.63) is 80.7 Å². The predicted octanol–water partition coefficient (Wildman–Crippen LogP) is 4.36. The van der Waals surface area contributed by atoms with Gasteiger partial charge in [-0.15, -0.1) is 22.7 Å². The molecule has 0 fully saturated rings. The van der Waals surface area contributed by atoms with Gasteiger partial charge in [0.1, 0.15) is 5.60 Å². The number of nitrogens with one attached hydrogen (secondary N) is 1. The van der Waals surface area contributed by atoms with Gasteiger partial charge in [-0.25, -0.2) is 0 Å². The highest BCUT2D eigenvalue weighted by molar-refractivity contribution is 7.11. The Morgan fingerprint density at radius 2 is 1.64 bits per heavy atom. The van der Waals surface area contributed by atoms with Crippen LogP contribution in [0.4, 0.5) is 0 Å². The van der Waals surface area contributed by atoms with Gasteiger partial charge in [0, 0.05) is 9.75 Å². The second-order valence-corrected chi connectivity index (χ2v) is 7.80. The Labute approximate surface area is 156 Å². The SMILES string of the molecule is CC[C@@H](C(=O)NCC(O)(c1cccs1)c1cccs1)c1ccccc1. The summed E-state index contributed by atoms with van der Waals surface area (Å²) in [6.07, 6.45) is 0.715. The van der Waals surface area contributed by atoms with Gasteiger partial charge in [0.25, 0.3) is 0 Å². The van der Waals surface area contributed by atoms with Crippen LogP contribution in [0.25, 0.3) is 0 Å². The molecular formula is C20H21NO2S2. The van der Waals surface area contributed by atoms with Crippen molar-refractivity contribution < 1.29 is 9.90 Å². The van der Waals surface area contributed by atoms with E-state index in [2.05, 4.69) is 5.32 Å². The number of benzene rings is 1. The lowest BCUT2D eigenvalue weighted by atomic mass is 9.94. The highest BCUT2D eigenvalue weighted by Gasteiger charge is 2.35. The van der Waals surface area contributed by atoms with Gasteiger partial charge in [-0.1, -0.05) is 49.4 Å². The molecule has 0 unspecified atom stereocenters. The summed E-state index contributed by atoms with van der Waals surface area (Å²) in [5.74, 6) is -0.266. The molecule has 2 N–H and O–H groups in total. The molecule has 0 aliphatic carbocycles. The third-order valence-corrected chi connectivity index (χ3v) is 6.34. The van der Waals surface area contributed by atoms with E-state index in [4.69, 9.17) is 0 Å². The molecule has 1 amide bonds. The Bertz CT molecular complexity index is 748. The van der Waals surface area contributed by atoms with Gasteiger partial charge in [-0.3, -0.25) is 4.79 Å². The standard InChI is InChI=1S/C20H21NO2S2/c1-2-16(15-8-4-3-5-9-15)19(22)21-14-20(23,17-10-6-12-24-17)18-11-7-13-25-18/h3-13,16,23H,2,14H2,1H3,(H,21,22)/t16-/m1/s1. The molecule has 3 rings (SSSR count). The van der Waals surface area contributed by atoms with Crippen LogP contribution in [0.3, 0.4) is 0 Å². The van der Waals surface area contributed by atoms with Gasteiger partial charge in [0.2, 0.25) is 5.91 Å². The van der Waals surface area contributed by atoms with Crippen molar-refractivity contribution in [3.63, 3.8) is 0 Å². The minimum absolute atomic E-state index is 0.0553. The molecule has 0 spiro atoms. The minimum atomic E-state index is -1.19. The molecule has 130 valence electrons. The van der Waals surface area contributed by atoms with E-state index in [1.54, 1.807) is 0 Å². The molecule has 0 radical (unpaired) electrons. The van der Waals surface area contributed by atoms with Crippen molar-refractivity contribution in [2.75, 3.05) is 6.54 Å². The van der Waals surface area contributed by atoms with E-state index >= 15 is 0 Å². The average molecular weight is 372 g/mol. The zero-order valence-corrected chi connectivity index (χ0v) is 15.6. The topological polar surface area (TPSA) is 49.3 Å². The molecule has 0 aliphatic rings. The number of aliphatic hydroxyl groups is 1. The van der Waals surface area contributed by atoms with Gasteiger partial charge >= 0.3 is 0 Å². The van der Waals surface area contributed by atoms with E-state index in [1.807, 2.05) is 72.3 Å². The zero-order valence-electron chi connectivity index (χ0n) is 14.0. The highest BCUT2D eigenvalue weighted by Crippen LogP contribution is 2.35. The van der Waals surface area contributed by atoms with E-state index in [0.29, 0.717) is 6.42 Å².